The van der Waals surface area contributed by atoms with Crippen LogP contribution in [0.4, 0.5) is 0 Å². The lowest BCUT2D eigenvalue weighted by atomic mass is 10.2. The van der Waals surface area contributed by atoms with Gasteiger partial charge in [-0.3, -0.25) is 0 Å². The molecule has 92 valence electrons. The summed E-state index contributed by atoms with van der Waals surface area (Å²) >= 11 is 0. The van der Waals surface area contributed by atoms with Gasteiger partial charge in [0.2, 0.25) is 0 Å². The topological polar surface area (TPSA) is 101 Å². The number of fused-ring (bicyclic) bond motifs is 1. The molecule has 7 nitrogen and oxygen atoms in total. The van der Waals surface area contributed by atoms with E-state index in [1.165, 1.54) is 13.2 Å². The summed E-state index contributed by atoms with van der Waals surface area (Å²) < 4.78 is 6.09. The normalized spacial score (nSPS) is 10.5. The van der Waals surface area contributed by atoms with Crippen LogP contribution in [-0.2, 0) is 11.3 Å². The molecular weight excluding hydrogens is 236 g/mol. The molecule has 0 fully saturated rings. The van der Waals surface area contributed by atoms with E-state index in [-0.39, 0.29) is 23.5 Å². The number of methoxy groups -OCH3 is 1. The maximum absolute atomic E-state index is 11.2. The molecule has 2 rings (SSSR count). The SMILES string of the molecule is COCc1cc(C(=O)O)n2nc(C)c(C#N)c2n1. The zero-order chi connectivity index (χ0) is 13.3. The first-order valence-corrected chi connectivity index (χ1v) is 5.10. The van der Waals surface area contributed by atoms with Gasteiger partial charge in [-0.25, -0.2) is 14.3 Å². The molecule has 0 radical (unpaired) electrons. The Hall–Kier alpha value is -2.46. The minimum Gasteiger partial charge on any atom is -0.477 e. The molecular formula is C11H10N4O3. The third kappa shape index (κ3) is 1.78. The lowest BCUT2D eigenvalue weighted by Gasteiger charge is -2.03. The molecule has 0 spiro atoms. The number of nitrogens with zero attached hydrogens (tertiary/aromatic N) is 4. The van der Waals surface area contributed by atoms with Crippen molar-refractivity contribution < 1.29 is 14.6 Å². The number of aryl methyl sites for hydroxylation is 1. The minimum atomic E-state index is -1.13. The van der Waals surface area contributed by atoms with Crippen LogP contribution in [0, 0.1) is 18.3 Å². The Morgan fingerprint density at radius 3 is 2.94 bits per heavy atom. The van der Waals surface area contributed by atoms with Crippen molar-refractivity contribution in [2.45, 2.75) is 13.5 Å². The number of carboxylic acids is 1. The lowest BCUT2D eigenvalue weighted by molar-refractivity contribution is 0.0686. The standard InChI is InChI=1S/C11H10N4O3/c1-6-8(4-12)10-13-7(5-18-2)3-9(11(16)17)15(10)14-6/h3H,5H2,1-2H3,(H,16,17). The van der Waals surface area contributed by atoms with Crippen LogP contribution in [-0.4, -0.2) is 32.8 Å². The molecule has 0 amide bonds. The molecule has 7 heteroatoms. The van der Waals surface area contributed by atoms with Crippen molar-refractivity contribution in [3.05, 3.63) is 28.7 Å². The second-order valence-electron chi connectivity index (χ2n) is 3.68. The van der Waals surface area contributed by atoms with Crippen molar-refractivity contribution in [3.8, 4) is 6.07 Å². The number of hydrogen-bond acceptors (Lipinski definition) is 5. The largest absolute Gasteiger partial charge is 0.477 e. The van der Waals surface area contributed by atoms with Gasteiger partial charge in [0.05, 0.1) is 18.0 Å². The van der Waals surface area contributed by atoms with E-state index in [1.807, 2.05) is 6.07 Å². The minimum absolute atomic E-state index is 0.0448. The van der Waals surface area contributed by atoms with Gasteiger partial charge in [0.25, 0.3) is 0 Å². The zero-order valence-electron chi connectivity index (χ0n) is 9.84. The fraction of sp³-hybridized carbons (Fsp3) is 0.273. The summed E-state index contributed by atoms with van der Waals surface area (Å²) in [6, 6.07) is 3.36. The molecule has 0 atom stereocenters. The van der Waals surface area contributed by atoms with Crippen LogP contribution in [0.15, 0.2) is 6.07 Å². The Morgan fingerprint density at radius 1 is 1.67 bits per heavy atom. The fourth-order valence-electron chi connectivity index (χ4n) is 1.68. The van der Waals surface area contributed by atoms with Crippen LogP contribution in [0.5, 0.6) is 0 Å². The van der Waals surface area contributed by atoms with Crippen molar-refractivity contribution in [2.75, 3.05) is 7.11 Å². The predicted molar refractivity (Wildman–Crippen MR) is 60.1 cm³/mol. The Labute approximate surface area is 102 Å². The van der Waals surface area contributed by atoms with Crippen molar-refractivity contribution in [3.63, 3.8) is 0 Å². The molecule has 0 aliphatic heterocycles. The van der Waals surface area contributed by atoms with E-state index in [9.17, 15) is 4.79 Å². The van der Waals surface area contributed by atoms with E-state index in [2.05, 4.69) is 10.1 Å². The maximum Gasteiger partial charge on any atom is 0.354 e. The molecule has 0 saturated carbocycles. The number of nitriles is 1. The molecule has 0 bridgehead atoms. The lowest BCUT2D eigenvalue weighted by Crippen LogP contribution is -2.10. The Morgan fingerprint density at radius 2 is 2.39 bits per heavy atom. The Bertz CT molecular complexity index is 669. The van der Waals surface area contributed by atoms with Gasteiger partial charge in [-0.1, -0.05) is 0 Å². The highest BCUT2D eigenvalue weighted by Crippen LogP contribution is 2.16. The number of aromatic nitrogens is 3. The molecule has 2 aromatic heterocycles. The molecule has 2 heterocycles. The molecule has 0 unspecified atom stereocenters. The van der Waals surface area contributed by atoms with Crippen molar-refractivity contribution in [1.29, 1.82) is 5.26 Å². The highest BCUT2D eigenvalue weighted by Gasteiger charge is 2.18. The Kier molecular flexibility index (Phi) is 2.95. The second kappa shape index (κ2) is 4.43. The van der Waals surface area contributed by atoms with Crippen molar-refractivity contribution >= 4 is 11.6 Å². The molecule has 0 aromatic carbocycles. The highest BCUT2D eigenvalue weighted by molar-refractivity contribution is 5.86. The molecule has 0 aliphatic rings. The third-order valence-electron chi connectivity index (χ3n) is 2.44. The third-order valence-corrected chi connectivity index (χ3v) is 2.44. The smallest absolute Gasteiger partial charge is 0.354 e. The van der Waals surface area contributed by atoms with E-state index in [0.717, 1.165) is 4.52 Å². The summed E-state index contributed by atoms with van der Waals surface area (Å²) in [4.78, 5) is 15.4. The highest BCUT2D eigenvalue weighted by atomic mass is 16.5. The van der Waals surface area contributed by atoms with Gasteiger partial charge in [0.1, 0.15) is 11.6 Å². The van der Waals surface area contributed by atoms with Crippen LogP contribution in [0.1, 0.15) is 27.4 Å². The average Bonchev–Trinajstić information content (AvgIpc) is 2.63. The van der Waals surface area contributed by atoms with Crippen LogP contribution < -0.4 is 0 Å². The number of carbonyl (C=O) groups is 1. The number of hydrogen-bond donors (Lipinski definition) is 1. The number of ether oxygens (including phenoxy) is 1. The van der Waals surface area contributed by atoms with Crippen LogP contribution in [0.25, 0.3) is 5.65 Å². The monoisotopic (exact) mass is 246 g/mol. The van der Waals surface area contributed by atoms with Gasteiger partial charge in [-0.05, 0) is 13.0 Å². The number of carboxylic acid groups (broad SMARTS) is 1. The van der Waals surface area contributed by atoms with Gasteiger partial charge in [-0.2, -0.15) is 10.4 Å². The summed E-state index contributed by atoms with van der Waals surface area (Å²) in [5.41, 5.74) is 1.36. The fourth-order valence-corrected chi connectivity index (χ4v) is 1.68. The predicted octanol–water partition coefficient (Wildman–Crippen LogP) is 0.754. The summed E-state index contributed by atoms with van der Waals surface area (Å²) in [7, 11) is 1.49. The first kappa shape index (κ1) is 12.0. The van der Waals surface area contributed by atoms with Gasteiger partial charge in [0.15, 0.2) is 11.3 Å². The van der Waals surface area contributed by atoms with Gasteiger partial charge in [0, 0.05) is 7.11 Å². The van der Waals surface area contributed by atoms with Gasteiger partial charge < -0.3 is 9.84 Å². The summed E-state index contributed by atoms with van der Waals surface area (Å²) in [6.45, 7) is 1.81. The molecule has 1 N–H and O–H groups in total. The molecule has 18 heavy (non-hydrogen) atoms. The summed E-state index contributed by atoms with van der Waals surface area (Å²) in [5.74, 6) is -1.13. The summed E-state index contributed by atoms with van der Waals surface area (Å²) in [6.07, 6.45) is 0. The molecule has 0 saturated heterocycles. The van der Waals surface area contributed by atoms with E-state index in [4.69, 9.17) is 15.1 Å². The van der Waals surface area contributed by atoms with E-state index < -0.39 is 5.97 Å². The molecule has 2 aromatic rings. The van der Waals surface area contributed by atoms with Crippen LogP contribution >= 0.6 is 0 Å². The van der Waals surface area contributed by atoms with Gasteiger partial charge >= 0.3 is 5.97 Å². The molecule has 0 aliphatic carbocycles. The Balaban J connectivity index is 2.82. The van der Waals surface area contributed by atoms with E-state index >= 15 is 0 Å². The number of aromatic carboxylic acids is 1. The van der Waals surface area contributed by atoms with Crippen molar-refractivity contribution in [1.82, 2.24) is 14.6 Å². The average molecular weight is 246 g/mol. The van der Waals surface area contributed by atoms with E-state index in [0.29, 0.717) is 11.4 Å². The van der Waals surface area contributed by atoms with Crippen LogP contribution in [0.3, 0.4) is 0 Å². The first-order valence-electron chi connectivity index (χ1n) is 5.10. The maximum atomic E-state index is 11.2. The van der Waals surface area contributed by atoms with Crippen LogP contribution in [0.2, 0.25) is 0 Å². The summed E-state index contributed by atoms with van der Waals surface area (Å²) in [5, 5.41) is 22.2. The van der Waals surface area contributed by atoms with E-state index in [1.54, 1.807) is 6.92 Å². The van der Waals surface area contributed by atoms with Crippen molar-refractivity contribution in [2.24, 2.45) is 0 Å². The zero-order valence-corrected chi connectivity index (χ0v) is 9.84. The van der Waals surface area contributed by atoms with Gasteiger partial charge in [-0.15, -0.1) is 0 Å². The number of rotatable bonds is 3. The second-order valence-corrected chi connectivity index (χ2v) is 3.68. The quantitative estimate of drug-likeness (QED) is 0.857. The first-order chi connectivity index (χ1) is 8.58.